The van der Waals surface area contributed by atoms with E-state index in [0.717, 1.165) is 0 Å². The molecule has 0 bridgehead atoms. The summed E-state index contributed by atoms with van der Waals surface area (Å²) in [4.78, 5) is 30.3. The molecule has 0 spiro atoms. The molecule has 3 aromatic rings. The van der Waals surface area contributed by atoms with Gasteiger partial charge in [0.15, 0.2) is 5.65 Å². The Balaban J connectivity index is 2.12. The fourth-order valence-corrected chi connectivity index (χ4v) is 2.01. The Morgan fingerprint density at radius 3 is 2.82 bits per heavy atom. The Labute approximate surface area is 123 Å². The van der Waals surface area contributed by atoms with Crippen LogP contribution in [0.4, 0.5) is 11.5 Å². The molecule has 0 amide bonds. The van der Waals surface area contributed by atoms with Crippen LogP contribution in [0.1, 0.15) is 10.4 Å². The van der Waals surface area contributed by atoms with Gasteiger partial charge in [0.1, 0.15) is 5.82 Å². The largest absolute Gasteiger partial charge is 0.478 e. The minimum Gasteiger partial charge on any atom is -0.478 e. The van der Waals surface area contributed by atoms with Gasteiger partial charge in [0.05, 0.1) is 10.9 Å². The lowest BCUT2D eigenvalue weighted by atomic mass is 10.2. The van der Waals surface area contributed by atoms with Crippen LogP contribution in [0.3, 0.4) is 0 Å². The summed E-state index contributed by atoms with van der Waals surface area (Å²) in [6, 6.07) is 9.33. The lowest BCUT2D eigenvalue weighted by molar-refractivity contribution is 0.0697. The van der Waals surface area contributed by atoms with E-state index in [9.17, 15) is 14.8 Å². The first-order valence-corrected chi connectivity index (χ1v) is 6.23. The van der Waals surface area contributed by atoms with E-state index >= 15 is 0 Å². The third-order valence-corrected chi connectivity index (χ3v) is 3.00. The number of pyridine rings is 1. The average Bonchev–Trinajstić information content (AvgIpc) is 2.52. The number of aromatic carboxylic acids is 1. The molecule has 0 atom stereocenters. The van der Waals surface area contributed by atoms with Crippen LogP contribution in [-0.2, 0) is 0 Å². The number of nitrogens with zero attached hydrogens (tertiary/aromatic N) is 3. The third-order valence-electron chi connectivity index (χ3n) is 3.00. The zero-order valence-electron chi connectivity index (χ0n) is 11.1. The third kappa shape index (κ3) is 2.33. The molecule has 3 N–H and O–H groups in total. The number of hydrogen-bond acceptors (Lipinski definition) is 6. The Morgan fingerprint density at radius 2 is 2.05 bits per heavy atom. The summed E-state index contributed by atoms with van der Waals surface area (Å²) in [6.07, 6.45) is 1.43. The van der Waals surface area contributed by atoms with Gasteiger partial charge in [0.25, 0.3) is 0 Å². The number of carboxylic acids is 1. The molecule has 110 valence electrons. The molecule has 22 heavy (non-hydrogen) atoms. The van der Waals surface area contributed by atoms with Crippen LogP contribution >= 0.6 is 0 Å². The number of nitrogens with one attached hydrogen (secondary N) is 1. The molecule has 0 aliphatic heterocycles. The zero-order valence-corrected chi connectivity index (χ0v) is 11.1. The number of benzene rings is 1. The first-order chi connectivity index (χ1) is 10.6. The molecule has 0 saturated carbocycles. The highest BCUT2D eigenvalue weighted by atomic mass is 16.5. The maximum Gasteiger partial charge on any atom is 0.384 e. The number of fused-ring (bicyclic) bond motifs is 1. The second-order valence-corrected chi connectivity index (χ2v) is 4.44. The normalized spacial score (nSPS) is 10.5. The standard InChI is InChI=1S/C14H10N4O4/c19-13(20)8-3-1-4-9(7-8)16-11-10-5-2-6-15-12(10)18(22)14(21)17-11/h1-7,22H,(H,19,20)(H,16,17,21). The van der Waals surface area contributed by atoms with Crippen molar-refractivity contribution in [2.24, 2.45) is 0 Å². The summed E-state index contributed by atoms with van der Waals surface area (Å²) in [7, 11) is 0. The van der Waals surface area contributed by atoms with Gasteiger partial charge >= 0.3 is 11.7 Å². The quantitative estimate of drug-likeness (QED) is 0.627. The Morgan fingerprint density at radius 1 is 1.23 bits per heavy atom. The molecular weight excluding hydrogens is 288 g/mol. The molecule has 0 radical (unpaired) electrons. The van der Waals surface area contributed by atoms with Crippen molar-refractivity contribution >= 4 is 28.5 Å². The Hall–Kier alpha value is -3.42. The van der Waals surface area contributed by atoms with Gasteiger partial charge in [0.2, 0.25) is 0 Å². The number of carboxylic acid groups (broad SMARTS) is 1. The number of rotatable bonds is 3. The molecule has 2 aromatic heterocycles. The molecule has 1 aromatic carbocycles. The van der Waals surface area contributed by atoms with E-state index in [2.05, 4.69) is 15.3 Å². The Kier molecular flexibility index (Phi) is 3.18. The summed E-state index contributed by atoms with van der Waals surface area (Å²) >= 11 is 0. The summed E-state index contributed by atoms with van der Waals surface area (Å²) < 4.78 is 0.355. The van der Waals surface area contributed by atoms with Crippen molar-refractivity contribution in [3.05, 3.63) is 58.6 Å². The first-order valence-electron chi connectivity index (χ1n) is 6.23. The minimum absolute atomic E-state index is 0.0550. The van der Waals surface area contributed by atoms with Crippen molar-refractivity contribution < 1.29 is 15.1 Å². The lowest BCUT2D eigenvalue weighted by Crippen LogP contribution is -2.23. The maximum atomic E-state index is 11.6. The molecule has 0 saturated heterocycles. The van der Waals surface area contributed by atoms with Crippen molar-refractivity contribution in [3.63, 3.8) is 0 Å². The smallest absolute Gasteiger partial charge is 0.384 e. The van der Waals surface area contributed by atoms with Crippen molar-refractivity contribution in [2.75, 3.05) is 5.32 Å². The van der Waals surface area contributed by atoms with E-state index in [-0.39, 0.29) is 17.0 Å². The molecule has 2 heterocycles. The van der Waals surface area contributed by atoms with Crippen molar-refractivity contribution in [3.8, 4) is 0 Å². The predicted octanol–water partition coefficient (Wildman–Crippen LogP) is 1.47. The van der Waals surface area contributed by atoms with Crippen LogP contribution in [0, 0.1) is 0 Å². The summed E-state index contributed by atoms with van der Waals surface area (Å²) in [5, 5.41) is 21.9. The monoisotopic (exact) mass is 298 g/mol. The second-order valence-electron chi connectivity index (χ2n) is 4.44. The van der Waals surface area contributed by atoms with Gasteiger partial charge in [-0.05, 0) is 30.3 Å². The van der Waals surface area contributed by atoms with E-state index < -0.39 is 11.7 Å². The van der Waals surface area contributed by atoms with E-state index in [1.165, 1.54) is 18.3 Å². The van der Waals surface area contributed by atoms with Gasteiger partial charge in [-0.1, -0.05) is 6.07 Å². The van der Waals surface area contributed by atoms with Crippen LogP contribution in [0.15, 0.2) is 47.4 Å². The summed E-state index contributed by atoms with van der Waals surface area (Å²) in [5.74, 6) is -0.880. The molecular formula is C14H10N4O4. The molecule has 3 rings (SSSR count). The molecule has 8 heteroatoms. The SMILES string of the molecule is O=C(O)c1cccc(Nc2nc(=O)n(O)c3ncccc23)c1. The van der Waals surface area contributed by atoms with E-state index in [1.54, 1.807) is 24.3 Å². The van der Waals surface area contributed by atoms with Gasteiger partial charge in [0, 0.05) is 11.9 Å². The van der Waals surface area contributed by atoms with Gasteiger partial charge < -0.3 is 15.6 Å². The number of hydrogen-bond donors (Lipinski definition) is 3. The number of carbonyl (C=O) groups is 1. The molecule has 8 nitrogen and oxygen atoms in total. The number of anilines is 2. The minimum atomic E-state index is -1.06. The number of aromatic nitrogens is 3. The zero-order chi connectivity index (χ0) is 15.7. The predicted molar refractivity (Wildman–Crippen MR) is 77.7 cm³/mol. The van der Waals surface area contributed by atoms with E-state index in [4.69, 9.17) is 5.11 Å². The van der Waals surface area contributed by atoms with Crippen molar-refractivity contribution in [2.45, 2.75) is 0 Å². The maximum absolute atomic E-state index is 11.6. The van der Waals surface area contributed by atoms with E-state index in [0.29, 0.717) is 15.8 Å². The van der Waals surface area contributed by atoms with Crippen LogP contribution in [0.5, 0.6) is 0 Å². The highest BCUT2D eigenvalue weighted by Gasteiger charge is 2.11. The van der Waals surface area contributed by atoms with Gasteiger partial charge in [-0.25, -0.2) is 14.6 Å². The highest BCUT2D eigenvalue weighted by molar-refractivity contribution is 5.91. The second kappa shape index (κ2) is 5.17. The van der Waals surface area contributed by atoms with Crippen molar-refractivity contribution in [1.82, 2.24) is 14.7 Å². The topological polar surface area (TPSA) is 117 Å². The van der Waals surface area contributed by atoms with Crippen LogP contribution < -0.4 is 11.0 Å². The highest BCUT2D eigenvalue weighted by Crippen LogP contribution is 2.21. The lowest BCUT2D eigenvalue weighted by Gasteiger charge is -2.09. The summed E-state index contributed by atoms with van der Waals surface area (Å²) in [5.41, 5.74) is -0.280. The fourth-order valence-electron chi connectivity index (χ4n) is 2.01. The molecule has 0 aliphatic rings. The molecule has 0 unspecified atom stereocenters. The molecule has 0 aliphatic carbocycles. The Bertz CT molecular complexity index is 936. The van der Waals surface area contributed by atoms with Gasteiger partial charge in [-0.3, -0.25) is 0 Å². The molecule has 0 fully saturated rings. The van der Waals surface area contributed by atoms with Crippen LogP contribution in [0.25, 0.3) is 11.0 Å². The fraction of sp³-hybridized carbons (Fsp3) is 0. The first kappa shape index (κ1) is 13.6. The van der Waals surface area contributed by atoms with Crippen LogP contribution in [0.2, 0.25) is 0 Å². The van der Waals surface area contributed by atoms with Crippen molar-refractivity contribution in [1.29, 1.82) is 0 Å². The van der Waals surface area contributed by atoms with Crippen LogP contribution in [-0.4, -0.2) is 31.0 Å². The van der Waals surface area contributed by atoms with Gasteiger partial charge in [-0.2, -0.15) is 4.98 Å². The average molecular weight is 298 g/mol. The van der Waals surface area contributed by atoms with E-state index in [1.807, 2.05) is 0 Å². The van der Waals surface area contributed by atoms with Gasteiger partial charge in [-0.15, -0.1) is 4.73 Å². The summed E-state index contributed by atoms with van der Waals surface area (Å²) in [6.45, 7) is 0.